The quantitative estimate of drug-likeness (QED) is 0.895. The van der Waals surface area contributed by atoms with Gasteiger partial charge in [-0.25, -0.2) is 0 Å². The Hall–Kier alpha value is -2.57. The van der Waals surface area contributed by atoms with Crippen LogP contribution in [-0.4, -0.2) is 10.9 Å². The molecular formula is C14H11F3N2O2. The molecule has 0 bridgehead atoms. The highest BCUT2D eigenvalue weighted by molar-refractivity contribution is 6.05. The second-order valence-electron chi connectivity index (χ2n) is 4.36. The van der Waals surface area contributed by atoms with Crippen LogP contribution in [0.5, 0.6) is 0 Å². The van der Waals surface area contributed by atoms with Crippen molar-refractivity contribution in [3.8, 4) is 0 Å². The van der Waals surface area contributed by atoms with E-state index in [0.29, 0.717) is 5.56 Å². The summed E-state index contributed by atoms with van der Waals surface area (Å²) in [4.78, 5) is 26.0. The van der Waals surface area contributed by atoms with Gasteiger partial charge in [0.1, 0.15) is 5.56 Å². The summed E-state index contributed by atoms with van der Waals surface area (Å²) in [5.74, 6) is -0.883. The zero-order valence-electron chi connectivity index (χ0n) is 10.9. The fraction of sp³-hybridized carbons (Fsp3) is 0.143. The number of carbonyl (C=O) groups is 1. The highest BCUT2D eigenvalue weighted by Crippen LogP contribution is 2.34. The highest BCUT2D eigenvalue weighted by Gasteiger charge is 2.33. The molecule has 2 rings (SSSR count). The minimum Gasteiger partial charge on any atom is -0.328 e. The third-order valence-electron chi connectivity index (χ3n) is 2.88. The molecule has 1 aromatic heterocycles. The Morgan fingerprint density at radius 3 is 2.48 bits per heavy atom. The number of alkyl halides is 3. The molecule has 1 aromatic carbocycles. The lowest BCUT2D eigenvalue weighted by Gasteiger charge is -2.13. The summed E-state index contributed by atoms with van der Waals surface area (Å²) in [5, 5.41) is 2.14. The molecule has 0 saturated carbocycles. The summed E-state index contributed by atoms with van der Waals surface area (Å²) in [6.45, 7) is 1.53. The fourth-order valence-corrected chi connectivity index (χ4v) is 1.88. The van der Waals surface area contributed by atoms with Crippen LogP contribution in [0.1, 0.15) is 21.5 Å². The number of aryl methyl sites for hydroxylation is 1. The summed E-state index contributed by atoms with van der Waals surface area (Å²) in [6.07, 6.45) is -3.24. The maximum absolute atomic E-state index is 12.8. The zero-order valence-corrected chi connectivity index (χ0v) is 10.9. The molecule has 0 saturated heterocycles. The Morgan fingerprint density at radius 1 is 1.19 bits per heavy atom. The van der Waals surface area contributed by atoms with Crippen LogP contribution in [0.4, 0.5) is 18.9 Å². The molecule has 110 valence electrons. The van der Waals surface area contributed by atoms with E-state index in [2.05, 4.69) is 10.3 Å². The van der Waals surface area contributed by atoms with Gasteiger partial charge >= 0.3 is 6.18 Å². The van der Waals surface area contributed by atoms with Crippen molar-refractivity contribution in [1.29, 1.82) is 0 Å². The summed E-state index contributed by atoms with van der Waals surface area (Å²) in [7, 11) is 0. The van der Waals surface area contributed by atoms with E-state index in [1.165, 1.54) is 31.3 Å². The lowest BCUT2D eigenvalue weighted by Crippen LogP contribution is -2.25. The van der Waals surface area contributed by atoms with E-state index in [9.17, 15) is 22.8 Å². The summed E-state index contributed by atoms with van der Waals surface area (Å²) < 4.78 is 38.5. The number of aromatic amines is 1. The van der Waals surface area contributed by atoms with Crippen molar-refractivity contribution in [1.82, 2.24) is 4.98 Å². The predicted octanol–water partition coefficient (Wildman–Crippen LogP) is 2.95. The molecule has 0 aliphatic rings. The van der Waals surface area contributed by atoms with E-state index in [4.69, 9.17) is 0 Å². The Morgan fingerprint density at radius 2 is 1.86 bits per heavy atom. The monoisotopic (exact) mass is 296 g/mol. The van der Waals surface area contributed by atoms with Crippen molar-refractivity contribution in [2.75, 3.05) is 5.32 Å². The molecule has 0 radical (unpaired) electrons. The topological polar surface area (TPSA) is 62.0 Å². The molecule has 1 amide bonds. The van der Waals surface area contributed by atoms with Crippen LogP contribution in [0.15, 0.2) is 41.3 Å². The van der Waals surface area contributed by atoms with Gasteiger partial charge < -0.3 is 10.3 Å². The second kappa shape index (κ2) is 5.43. The van der Waals surface area contributed by atoms with Gasteiger partial charge in [0.15, 0.2) is 0 Å². The van der Waals surface area contributed by atoms with Crippen LogP contribution >= 0.6 is 0 Å². The van der Waals surface area contributed by atoms with Crippen molar-refractivity contribution in [2.45, 2.75) is 13.1 Å². The van der Waals surface area contributed by atoms with E-state index in [0.717, 1.165) is 12.1 Å². The Labute approximate surface area is 117 Å². The summed E-state index contributed by atoms with van der Waals surface area (Å²) in [6, 6.07) is 6.07. The van der Waals surface area contributed by atoms with Gasteiger partial charge in [0.05, 0.1) is 11.3 Å². The number of amides is 1. The summed E-state index contributed by atoms with van der Waals surface area (Å²) in [5.41, 5.74) is -1.85. The van der Waals surface area contributed by atoms with Crippen LogP contribution in [-0.2, 0) is 6.18 Å². The van der Waals surface area contributed by atoms with E-state index in [1.807, 2.05) is 0 Å². The number of carbonyl (C=O) groups excluding carboxylic acids is 1. The minimum absolute atomic E-state index is 0.213. The van der Waals surface area contributed by atoms with Crippen LogP contribution in [0.3, 0.4) is 0 Å². The molecule has 0 unspecified atom stereocenters. The number of pyridine rings is 1. The molecule has 21 heavy (non-hydrogen) atoms. The molecule has 0 aliphatic carbocycles. The number of para-hydroxylation sites is 1. The van der Waals surface area contributed by atoms with Gasteiger partial charge in [-0.05, 0) is 30.7 Å². The van der Waals surface area contributed by atoms with Gasteiger partial charge in [-0.3, -0.25) is 9.59 Å². The van der Waals surface area contributed by atoms with Crippen LogP contribution in [0.25, 0.3) is 0 Å². The van der Waals surface area contributed by atoms with E-state index >= 15 is 0 Å². The zero-order chi connectivity index (χ0) is 15.6. The second-order valence-corrected chi connectivity index (χ2v) is 4.36. The number of hydrogen-bond acceptors (Lipinski definition) is 2. The third kappa shape index (κ3) is 3.13. The average molecular weight is 296 g/mol. The normalized spacial score (nSPS) is 11.2. The lowest BCUT2D eigenvalue weighted by atomic mass is 10.1. The molecule has 2 aromatic rings. The largest absolute Gasteiger partial charge is 0.418 e. The van der Waals surface area contributed by atoms with E-state index < -0.39 is 28.9 Å². The van der Waals surface area contributed by atoms with Gasteiger partial charge in [0, 0.05) is 6.20 Å². The molecular weight excluding hydrogens is 285 g/mol. The van der Waals surface area contributed by atoms with Crippen molar-refractivity contribution < 1.29 is 18.0 Å². The average Bonchev–Trinajstić information content (AvgIpc) is 2.37. The van der Waals surface area contributed by atoms with Crippen molar-refractivity contribution in [2.24, 2.45) is 0 Å². The van der Waals surface area contributed by atoms with Gasteiger partial charge in [0.2, 0.25) is 0 Å². The number of anilines is 1. The number of aromatic nitrogens is 1. The van der Waals surface area contributed by atoms with Gasteiger partial charge in [-0.2, -0.15) is 13.2 Å². The maximum Gasteiger partial charge on any atom is 0.418 e. The first-order chi connectivity index (χ1) is 9.80. The highest BCUT2D eigenvalue weighted by atomic mass is 19.4. The molecule has 1 heterocycles. The maximum atomic E-state index is 12.8. The lowest BCUT2D eigenvalue weighted by molar-refractivity contribution is -0.136. The van der Waals surface area contributed by atoms with Crippen molar-refractivity contribution >= 4 is 11.6 Å². The number of benzene rings is 1. The molecule has 0 atom stereocenters. The number of hydrogen-bond donors (Lipinski definition) is 2. The standard InChI is InChI=1S/C14H11F3N2O2/c1-8-6-7-18-12(20)11(8)13(21)19-10-5-3-2-4-9(10)14(15,16)17/h2-7H,1H3,(H,18,20)(H,19,21). The third-order valence-corrected chi connectivity index (χ3v) is 2.88. The first-order valence-electron chi connectivity index (χ1n) is 5.96. The molecule has 7 heteroatoms. The van der Waals surface area contributed by atoms with E-state index in [1.54, 1.807) is 0 Å². The molecule has 2 N–H and O–H groups in total. The minimum atomic E-state index is -4.60. The fourth-order valence-electron chi connectivity index (χ4n) is 1.88. The molecule has 4 nitrogen and oxygen atoms in total. The first-order valence-corrected chi connectivity index (χ1v) is 5.96. The number of halogens is 3. The van der Waals surface area contributed by atoms with Gasteiger partial charge in [-0.15, -0.1) is 0 Å². The Balaban J connectivity index is 2.40. The van der Waals surface area contributed by atoms with E-state index in [-0.39, 0.29) is 5.56 Å². The molecule has 0 fully saturated rings. The Kier molecular flexibility index (Phi) is 3.84. The molecule has 0 spiro atoms. The molecule has 0 aliphatic heterocycles. The van der Waals surface area contributed by atoms with Crippen LogP contribution in [0, 0.1) is 6.92 Å². The van der Waals surface area contributed by atoms with Crippen LogP contribution in [0.2, 0.25) is 0 Å². The van der Waals surface area contributed by atoms with Crippen LogP contribution < -0.4 is 10.9 Å². The van der Waals surface area contributed by atoms with Crippen molar-refractivity contribution in [3.05, 3.63) is 63.6 Å². The van der Waals surface area contributed by atoms with Gasteiger partial charge in [0.25, 0.3) is 11.5 Å². The van der Waals surface area contributed by atoms with Gasteiger partial charge in [-0.1, -0.05) is 12.1 Å². The number of rotatable bonds is 2. The first kappa shape index (κ1) is 14.8. The van der Waals surface area contributed by atoms with Crippen molar-refractivity contribution in [3.63, 3.8) is 0 Å². The number of H-pyrrole nitrogens is 1. The summed E-state index contributed by atoms with van der Waals surface area (Å²) >= 11 is 0. The SMILES string of the molecule is Cc1cc[nH]c(=O)c1C(=O)Nc1ccccc1C(F)(F)F. The number of nitrogens with one attached hydrogen (secondary N) is 2. The predicted molar refractivity (Wildman–Crippen MR) is 71.2 cm³/mol. The Bertz CT molecular complexity index is 735. The smallest absolute Gasteiger partial charge is 0.328 e.